The maximum atomic E-state index is 5.40. The van der Waals surface area contributed by atoms with Gasteiger partial charge in [0, 0.05) is 11.4 Å². The Morgan fingerprint density at radius 3 is 1.53 bits per heavy atom. The summed E-state index contributed by atoms with van der Waals surface area (Å²) in [7, 11) is 0. The van der Waals surface area contributed by atoms with Crippen molar-refractivity contribution in [1.29, 1.82) is 0 Å². The van der Waals surface area contributed by atoms with Crippen molar-refractivity contribution >= 4 is 23.4 Å². The van der Waals surface area contributed by atoms with Gasteiger partial charge < -0.3 is 10.6 Å². The molecule has 1 aliphatic rings. The molecule has 1 fully saturated rings. The van der Waals surface area contributed by atoms with Crippen molar-refractivity contribution in [3.8, 4) is 0 Å². The maximum absolute atomic E-state index is 5.40. The number of para-hydroxylation sites is 2. The van der Waals surface area contributed by atoms with Gasteiger partial charge in [-0.2, -0.15) is 0 Å². The maximum Gasteiger partial charge on any atom is 0.305 e. The molecule has 0 aromatic heterocycles. The molecule has 4 heteroatoms. The highest BCUT2D eigenvalue weighted by Gasteiger charge is 2.48. The third kappa shape index (κ3) is 2.54. The summed E-state index contributed by atoms with van der Waals surface area (Å²) >= 11 is 1.38. The van der Waals surface area contributed by atoms with E-state index in [9.17, 15) is 0 Å². The highest BCUT2D eigenvalue weighted by molar-refractivity contribution is 8.01. The molecule has 0 amide bonds. The van der Waals surface area contributed by atoms with Crippen molar-refractivity contribution in [2.45, 2.75) is 5.18 Å². The quantitative estimate of drug-likeness (QED) is 0.490. The Morgan fingerprint density at radius 1 is 0.765 bits per heavy atom. The molecule has 0 atom stereocenters. The van der Waals surface area contributed by atoms with Crippen LogP contribution in [0.2, 0.25) is 0 Å². The molecule has 86 valence electrons. The van der Waals surface area contributed by atoms with Gasteiger partial charge >= 0.3 is 5.18 Å². The van der Waals surface area contributed by atoms with Gasteiger partial charge in [0.05, 0.1) is 12.0 Å². The Labute approximate surface area is 104 Å². The predicted octanol–water partition coefficient (Wildman–Crippen LogP) is 3.50. The van der Waals surface area contributed by atoms with E-state index in [2.05, 4.69) is 10.6 Å². The summed E-state index contributed by atoms with van der Waals surface area (Å²) in [4.78, 5) is 0. The molecular weight excluding hydrogens is 232 g/mol. The number of anilines is 2. The van der Waals surface area contributed by atoms with Crippen LogP contribution in [-0.4, -0.2) is 5.18 Å². The lowest BCUT2D eigenvalue weighted by Crippen LogP contribution is -2.30. The second-order valence-electron chi connectivity index (χ2n) is 3.77. The zero-order chi connectivity index (χ0) is 11.6. The van der Waals surface area contributed by atoms with Crippen LogP contribution < -0.4 is 10.6 Å². The standard InChI is InChI=1S/C13H12N2OS/c1-3-7-11(8-4-1)14-13(16-17-13)15-12-9-5-2-6-10-12/h1-10,14-15H. The van der Waals surface area contributed by atoms with Crippen LogP contribution in [-0.2, 0) is 4.18 Å². The first-order valence-corrected chi connectivity index (χ1v) is 6.14. The minimum Gasteiger partial charge on any atom is -0.329 e. The van der Waals surface area contributed by atoms with Crippen LogP contribution in [0.1, 0.15) is 0 Å². The summed E-state index contributed by atoms with van der Waals surface area (Å²) < 4.78 is 5.40. The lowest BCUT2D eigenvalue weighted by atomic mass is 10.3. The molecule has 3 rings (SSSR count). The van der Waals surface area contributed by atoms with Gasteiger partial charge in [-0.15, -0.1) is 0 Å². The lowest BCUT2D eigenvalue weighted by Gasteiger charge is -2.15. The second kappa shape index (κ2) is 4.31. The number of benzene rings is 2. The van der Waals surface area contributed by atoms with Gasteiger partial charge in [0.25, 0.3) is 0 Å². The summed E-state index contributed by atoms with van der Waals surface area (Å²) in [5, 5.41) is 6.09. The number of hydrogen-bond acceptors (Lipinski definition) is 4. The van der Waals surface area contributed by atoms with Crippen LogP contribution in [0.3, 0.4) is 0 Å². The largest absolute Gasteiger partial charge is 0.329 e. The summed E-state index contributed by atoms with van der Waals surface area (Å²) in [6.07, 6.45) is 0. The molecule has 17 heavy (non-hydrogen) atoms. The molecule has 1 heterocycles. The fourth-order valence-electron chi connectivity index (χ4n) is 1.58. The zero-order valence-electron chi connectivity index (χ0n) is 9.09. The zero-order valence-corrected chi connectivity index (χ0v) is 9.91. The number of rotatable bonds is 4. The number of hydrogen-bond donors (Lipinski definition) is 2. The minimum atomic E-state index is -0.525. The fourth-order valence-corrected chi connectivity index (χ4v) is 2.06. The Hall–Kier alpha value is -1.65. The van der Waals surface area contributed by atoms with E-state index in [1.807, 2.05) is 60.7 Å². The molecule has 0 bridgehead atoms. The van der Waals surface area contributed by atoms with Gasteiger partial charge in [-0.25, -0.2) is 4.18 Å². The van der Waals surface area contributed by atoms with Crippen LogP contribution in [0, 0.1) is 0 Å². The van der Waals surface area contributed by atoms with Crippen molar-refractivity contribution in [2.24, 2.45) is 0 Å². The van der Waals surface area contributed by atoms with Gasteiger partial charge in [0.15, 0.2) is 0 Å². The average molecular weight is 244 g/mol. The third-order valence-electron chi connectivity index (χ3n) is 2.42. The Kier molecular flexibility index (Phi) is 2.66. The van der Waals surface area contributed by atoms with E-state index in [-0.39, 0.29) is 0 Å². The van der Waals surface area contributed by atoms with E-state index in [4.69, 9.17) is 4.18 Å². The summed E-state index contributed by atoms with van der Waals surface area (Å²) in [6, 6.07) is 20.0. The van der Waals surface area contributed by atoms with Crippen molar-refractivity contribution in [3.63, 3.8) is 0 Å². The van der Waals surface area contributed by atoms with E-state index in [0.29, 0.717) is 0 Å². The molecule has 0 aliphatic carbocycles. The molecule has 1 saturated heterocycles. The minimum absolute atomic E-state index is 0.525. The summed E-state index contributed by atoms with van der Waals surface area (Å²) in [6.45, 7) is 0. The lowest BCUT2D eigenvalue weighted by molar-refractivity contribution is 0.390. The summed E-state index contributed by atoms with van der Waals surface area (Å²) in [5.74, 6) is 0. The Balaban J connectivity index is 1.71. The van der Waals surface area contributed by atoms with Crippen LogP contribution in [0.25, 0.3) is 0 Å². The van der Waals surface area contributed by atoms with Gasteiger partial charge in [-0.05, 0) is 24.3 Å². The molecule has 0 spiro atoms. The Bertz CT molecular complexity index is 442. The molecule has 3 nitrogen and oxygen atoms in total. The van der Waals surface area contributed by atoms with Gasteiger partial charge in [0.1, 0.15) is 0 Å². The molecule has 2 N–H and O–H groups in total. The average Bonchev–Trinajstić information content (AvgIpc) is 3.11. The van der Waals surface area contributed by atoms with Crippen molar-refractivity contribution in [1.82, 2.24) is 0 Å². The van der Waals surface area contributed by atoms with Crippen molar-refractivity contribution in [3.05, 3.63) is 60.7 Å². The van der Waals surface area contributed by atoms with E-state index in [0.717, 1.165) is 11.4 Å². The molecule has 0 saturated carbocycles. The first kappa shape index (κ1) is 10.5. The number of nitrogens with one attached hydrogen (secondary N) is 2. The van der Waals surface area contributed by atoms with Crippen LogP contribution >= 0.6 is 12.0 Å². The molecule has 1 aliphatic heterocycles. The topological polar surface area (TPSA) is 36.6 Å². The van der Waals surface area contributed by atoms with Crippen LogP contribution in [0.4, 0.5) is 11.4 Å². The molecule has 0 radical (unpaired) electrons. The molecule has 0 unspecified atom stereocenters. The van der Waals surface area contributed by atoms with E-state index >= 15 is 0 Å². The monoisotopic (exact) mass is 244 g/mol. The SMILES string of the molecule is c1ccc(NC2(Nc3ccccc3)OS2)cc1. The first-order valence-electron chi connectivity index (χ1n) is 5.40. The normalized spacial score (nSPS) is 16.2. The van der Waals surface area contributed by atoms with Gasteiger partial charge in [-0.1, -0.05) is 36.4 Å². The highest BCUT2D eigenvalue weighted by Crippen LogP contribution is 2.47. The van der Waals surface area contributed by atoms with E-state index in [1.54, 1.807) is 0 Å². The van der Waals surface area contributed by atoms with Gasteiger partial charge in [-0.3, -0.25) is 0 Å². The van der Waals surface area contributed by atoms with Crippen LogP contribution in [0.15, 0.2) is 60.7 Å². The fraction of sp³-hybridized carbons (Fsp3) is 0.0769. The smallest absolute Gasteiger partial charge is 0.305 e. The third-order valence-corrected chi connectivity index (χ3v) is 3.12. The first-order chi connectivity index (χ1) is 8.36. The molecule has 2 aromatic rings. The Morgan fingerprint density at radius 2 is 1.18 bits per heavy atom. The highest BCUT2D eigenvalue weighted by atomic mass is 32.2. The van der Waals surface area contributed by atoms with Crippen molar-refractivity contribution in [2.75, 3.05) is 10.6 Å². The predicted molar refractivity (Wildman–Crippen MR) is 71.5 cm³/mol. The molecular formula is C13H12N2OS. The summed E-state index contributed by atoms with van der Waals surface area (Å²) in [5.41, 5.74) is 2.06. The van der Waals surface area contributed by atoms with Crippen LogP contribution in [0.5, 0.6) is 0 Å². The second-order valence-corrected chi connectivity index (χ2v) is 4.67. The van der Waals surface area contributed by atoms with E-state index in [1.165, 1.54) is 12.0 Å². The molecule has 2 aromatic carbocycles. The van der Waals surface area contributed by atoms with E-state index < -0.39 is 5.18 Å². The van der Waals surface area contributed by atoms with Crippen molar-refractivity contribution < 1.29 is 4.18 Å². The van der Waals surface area contributed by atoms with Gasteiger partial charge in [0.2, 0.25) is 0 Å².